The van der Waals surface area contributed by atoms with Crippen LogP contribution in [0.5, 0.6) is 0 Å². The average molecular weight is 319 g/mol. The Morgan fingerprint density at radius 2 is 1.00 bits per heavy atom. The van der Waals surface area contributed by atoms with E-state index in [1.54, 1.807) is 0 Å². The van der Waals surface area contributed by atoms with Gasteiger partial charge in [0, 0.05) is 12.1 Å². The highest BCUT2D eigenvalue weighted by Gasteiger charge is 2.22. The fourth-order valence-electron chi connectivity index (χ4n) is 2.39. The van der Waals surface area contributed by atoms with E-state index < -0.39 is 0 Å². The normalized spacial score (nSPS) is 38.7. The molecule has 3 unspecified atom stereocenters. The van der Waals surface area contributed by atoms with Gasteiger partial charge < -0.3 is 20.9 Å². The van der Waals surface area contributed by atoms with Crippen molar-refractivity contribution in [3.05, 3.63) is 0 Å². The van der Waals surface area contributed by atoms with E-state index in [0.717, 1.165) is 25.7 Å². The van der Waals surface area contributed by atoms with Gasteiger partial charge in [0.2, 0.25) is 0 Å². The van der Waals surface area contributed by atoms with Crippen molar-refractivity contribution in [3.63, 3.8) is 0 Å². The highest BCUT2D eigenvalue weighted by Crippen LogP contribution is 2.17. The molecule has 0 amide bonds. The molecule has 0 saturated carbocycles. The van der Waals surface area contributed by atoms with Crippen molar-refractivity contribution in [2.45, 2.75) is 89.9 Å². The maximum atomic E-state index is 5.72. The van der Waals surface area contributed by atoms with Gasteiger partial charge in [-0.05, 0) is 53.4 Å². The molecule has 0 aliphatic carbocycles. The van der Waals surface area contributed by atoms with E-state index in [1.807, 2.05) is 13.8 Å². The van der Waals surface area contributed by atoms with E-state index >= 15 is 0 Å². The van der Waals surface area contributed by atoms with Crippen LogP contribution in [0.3, 0.4) is 0 Å². The summed E-state index contributed by atoms with van der Waals surface area (Å²) >= 11 is 0. The molecule has 2 heterocycles. The van der Waals surface area contributed by atoms with Crippen LogP contribution in [-0.4, -0.2) is 36.5 Å². The lowest BCUT2D eigenvalue weighted by molar-refractivity contribution is -0.0411. The zero-order valence-corrected chi connectivity index (χ0v) is 14.9. The molecule has 2 fully saturated rings. The van der Waals surface area contributed by atoms with Crippen molar-refractivity contribution in [2.75, 3.05) is 0 Å². The third kappa shape index (κ3) is 9.38. The number of terminal acetylenes is 1. The molecule has 2 aliphatic rings. The highest BCUT2D eigenvalue weighted by atomic mass is 32.1. The van der Waals surface area contributed by atoms with Gasteiger partial charge >= 0.3 is 0 Å². The fourth-order valence-corrected chi connectivity index (χ4v) is 2.39. The molecule has 2 aliphatic heterocycles. The van der Waals surface area contributed by atoms with Crippen LogP contribution in [0.1, 0.15) is 53.4 Å². The van der Waals surface area contributed by atoms with E-state index in [2.05, 4.69) is 26.7 Å². The summed E-state index contributed by atoms with van der Waals surface area (Å²) in [5.74, 6) is 0. The summed E-state index contributed by atoms with van der Waals surface area (Å²) in [6.07, 6.45) is 13.8. The third-order valence-corrected chi connectivity index (χ3v) is 3.91. The molecule has 126 valence electrons. The quantitative estimate of drug-likeness (QED) is 0.672. The van der Waals surface area contributed by atoms with Crippen LogP contribution in [0.2, 0.25) is 0 Å². The van der Waals surface area contributed by atoms with Crippen molar-refractivity contribution in [2.24, 2.45) is 11.5 Å². The maximum Gasteiger partial charge on any atom is 0.0701 e. The Labute approximate surface area is 137 Å². The van der Waals surface area contributed by atoms with Gasteiger partial charge in [0.25, 0.3) is 0 Å². The molecule has 0 aromatic carbocycles. The predicted molar refractivity (Wildman–Crippen MR) is 94.7 cm³/mol. The number of rotatable bonds is 0. The fraction of sp³-hybridized carbons (Fsp3) is 0.875. The number of hydrogen-bond acceptors (Lipinski definition) is 4. The van der Waals surface area contributed by atoms with Crippen molar-refractivity contribution in [1.29, 1.82) is 0 Å². The van der Waals surface area contributed by atoms with Gasteiger partial charge in [-0.25, -0.2) is 0 Å². The second kappa shape index (κ2) is 12.3. The Kier molecular flexibility index (Phi) is 13.5. The first-order valence-corrected chi connectivity index (χ1v) is 7.55. The molecule has 0 radical (unpaired) electrons. The second-order valence-electron chi connectivity index (χ2n) is 5.79. The van der Waals surface area contributed by atoms with Crippen LogP contribution in [-0.2, 0) is 9.47 Å². The smallest absolute Gasteiger partial charge is 0.0701 e. The summed E-state index contributed by atoms with van der Waals surface area (Å²) in [6, 6.07) is 0.530. The monoisotopic (exact) mass is 318 g/mol. The van der Waals surface area contributed by atoms with Gasteiger partial charge in [0.1, 0.15) is 0 Å². The van der Waals surface area contributed by atoms with Gasteiger partial charge in [-0.1, -0.05) is 0 Å². The van der Waals surface area contributed by atoms with E-state index in [0.29, 0.717) is 12.2 Å². The molecule has 21 heavy (non-hydrogen) atoms. The van der Waals surface area contributed by atoms with Gasteiger partial charge in [0.05, 0.1) is 24.4 Å². The molecule has 4 N–H and O–H groups in total. The van der Waals surface area contributed by atoms with Crippen molar-refractivity contribution >= 4 is 13.5 Å². The lowest BCUT2D eigenvalue weighted by atomic mass is 10.0. The van der Waals surface area contributed by atoms with Gasteiger partial charge in [-0.3, -0.25) is 0 Å². The minimum atomic E-state index is 0. The van der Waals surface area contributed by atoms with E-state index in [-0.39, 0.29) is 37.8 Å². The summed E-state index contributed by atoms with van der Waals surface area (Å²) < 4.78 is 10.9. The SMILES string of the molecule is C#C.CC1CCC(N)C(C)O1.C[C@H]1CC[C@H](N)[C@@H](C)O1.S. The number of ether oxygens (including phenoxy) is 2. The largest absolute Gasteiger partial charge is 0.374 e. The van der Waals surface area contributed by atoms with Crippen molar-refractivity contribution in [1.82, 2.24) is 0 Å². The Hall–Kier alpha value is -0.250. The van der Waals surface area contributed by atoms with Crippen LogP contribution in [0.4, 0.5) is 0 Å². The Balaban J connectivity index is 0. The summed E-state index contributed by atoms with van der Waals surface area (Å²) in [4.78, 5) is 0. The van der Waals surface area contributed by atoms with Gasteiger partial charge in [-0.15, -0.1) is 12.8 Å². The molecule has 6 atom stereocenters. The van der Waals surface area contributed by atoms with Crippen molar-refractivity contribution < 1.29 is 9.47 Å². The lowest BCUT2D eigenvalue weighted by Gasteiger charge is -2.30. The first-order chi connectivity index (χ1) is 9.40. The molecule has 2 saturated heterocycles. The lowest BCUT2D eigenvalue weighted by Crippen LogP contribution is -2.41. The number of hydrogen-bond donors (Lipinski definition) is 2. The minimum Gasteiger partial charge on any atom is -0.374 e. The summed E-state index contributed by atoms with van der Waals surface area (Å²) in [6.45, 7) is 8.28. The molecule has 2 rings (SSSR count). The number of nitrogens with two attached hydrogens (primary N) is 2. The Morgan fingerprint density at radius 1 is 0.714 bits per heavy atom. The van der Waals surface area contributed by atoms with Crippen LogP contribution in [0.15, 0.2) is 0 Å². The van der Waals surface area contributed by atoms with Crippen LogP contribution in [0, 0.1) is 12.8 Å². The molecule has 0 spiro atoms. The average Bonchev–Trinajstić information content (AvgIpc) is 2.42. The third-order valence-electron chi connectivity index (χ3n) is 3.91. The zero-order chi connectivity index (χ0) is 15.7. The van der Waals surface area contributed by atoms with Crippen LogP contribution < -0.4 is 11.5 Å². The van der Waals surface area contributed by atoms with Gasteiger partial charge in [-0.2, -0.15) is 13.5 Å². The predicted octanol–water partition coefficient (Wildman–Crippen LogP) is 2.16. The summed E-state index contributed by atoms with van der Waals surface area (Å²) in [5, 5.41) is 0. The zero-order valence-electron chi connectivity index (χ0n) is 13.9. The molecule has 5 heteroatoms. The second-order valence-corrected chi connectivity index (χ2v) is 5.79. The summed E-state index contributed by atoms with van der Waals surface area (Å²) in [5.41, 5.74) is 11.4. The standard InChI is InChI=1S/2C7H15NO.C2H2.H2S/c2*1-5-3-4-7(8)6(2)9-5;1-2;/h2*5-7H,3-4,8H2,1-2H3;1-2H;1H2/t5-,6+,7-;;;/m0.../s1. The topological polar surface area (TPSA) is 70.5 Å². The molecular formula is C16H34N2O2S. The van der Waals surface area contributed by atoms with E-state index in [4.69, 9.17) is 20.9 Å². The van der Waals surface area contributed by atoms with Crippen LogP contribution >= 0.6 is 13.5 Å². The molecule has 0 bridgehead atoms. The van der Waals surface area contributed by atoms with Gasteiger partial charge in [0.15, 0.2) is 0 Å². The molecule has 0 aromatic heterocycles. The maximum absolute atomic E-state index is 5.72. The highest BCUT2D eigenvalue weighted by molar-refractivity contribution is 7.59. The van der Waals surface area contributed by atoms with E-state index in [1.165, 1.54) is 0 Å². The Bertz CT molecular complexity index is 252. The summed E-state index contributed by atoms with van der Waals surface area (Å²) in [7, 11) is 0. The van der Waals surface area contributed by atoms with Crippen molar-refractivity contribution in [3.8, 4) is 12.8 Å². The first kappa shape index (κ1) is 23.0. The molecule has 4 nitrogen and oxygen atoms in total. The Morgan fingerprint density at radius 3 is 1.19 bits per heavy atom. The first-order valence-electron chi connectivity index (χ1n) is 7.55. The molecule has 0 aromatic rings. The van der Waals surface area contributed by atoms with E-state index in [9.17, 15) is 0 Å². The minimum absolute atomic E-state index is 0. The van der Waals surface area contributed by atoms with Crippen LogP contribution in [0.25, 0.3) is 0 Å². The molecular weight excluding hydrogens is 284 g/mol.